The minimum Gasteiger partial charge on any atom is -0.291 e. The third kappa shape index (κ3) is 2.67. The van der Waals surface area contributed by atoms with E-state index in [0.29, 0.717) is 5.01 Å². The molecule has 16 heavy (non-hydrogen) atoms. The molecule has 0 aliphatic heterocycles. The number of para-hydroxylation sites is 1. The van der Waals surface area contributed by atoms with E-state index in [1.807, 2.05) is 52.0 Å². The van der Waals surface area contributed by atoms with Gasteiger partial charge < -0.3 is 0 Å². The molecule has 2 nitrogen and oxygen atoms in total. The number of aromatic nitrogens is 1. The Balaban J connectivity index is 0.000000606. The highest BCUT2D eigenvalue weighted by molar-refractivity contribution is 7.20. The lowest BCUT2D eigenvalue weighted by Gasteiger charge is -1.97. The number of hydrogen-bond donors (Lipinski definition) is 0. The third-order valence-corrected chi connectivity index (χ3v) is 3.08. The van der Waals surface area contributed by atoms with Crippen LogP contribution in [0.1, 0.15) is 37.5 Å². The number of carbonyl (C=O) groups is 1. The van der Waals surface area contributed by atoms with Gasteiger partial charge in [0.1, 0.15) is 0 Å². The summed E-state index contributed by atoms with van der Waals surface area (Å²) in [5.41, 5.74) is 0.918. The Kier molecular flexibility index (Phi) is 4.62. The third-order valence-electron chi connectivity index (χ3n) is 2.03. The Morgan fingerprint density at radius 2 is 1.88 bits per heavy atom. The van der Waals surface area contributed by atoms with Crippen LogP contribution >= 0.6 is 11.3 Å². The molecule has 2 rings (SSSR count). The lowest BCUT2D eigenvalue weighted by atomic mass is 10.1. The van der Waals surface area contributed by atoms with E-state index in [0.717, 1.165) is 10.2 Å². The molecule has 0 unspecified atom stereocenters. The minimum atomic E-state index is 0.0237. The van der Waals surface area contributed by atoms with E-state index in [2.05, 4.69) is 4.98 Å². The van der Waals surface area contributed by atoms with Crippen molar-refractivity contribution in [3.63, 3.8) is 0 Å². The van der Waals surface area contributed by atoms with E-state index >= 15 is 0 Å². The topological polar surface area (TPSA) is 30.0 Å². The molecule has 0 atom stereocenters. The van der Waals surface area contributed by atoms with Gasteiger partial charge in [0.25, 0.3) is 0 Å². The molecule has 0 fully saturated rings. The standard InChI is InChI=1S/C11H11NOS.C2H6/c1-7(2)10(13)11-12-8-5-3-4-6-9(8)14-11;1-2/h3-7H,1-2H3;1-2H3. The number of fused-ring (bicyclic) bond motifs is 1. The van der Waals surface area contributed by atoms with Gasteiger partial charge in [-0.3, -0.25) is 4.79 Å². The van der Waals surface area contributed by atoms with E-state index in [9.17, 15) is 4.79 Å². The van der Waals surface area contributed by atoms with Crippen LogP contribution in [0, 0.1) is 5.92 Å². The zero-order valence-electron chi connectivity index (χ0n) is 10.2. The second-order valence-electron chi connectivity index (χ2n) is 3.51. The van der Waals surface area contributed by atoms with Crippen LogP contribution in [0.15, 0.2) is 24.3 Å². The fraction of sp³-hybridized carbons (Fsp3) is 0.385. The molecule has 0 spiro atoms. The summed E-state index contributed by atoms with van der Waals surface area (Å²) in [6.45, 7) is 7.79. The summed E-state index contributed by atoms with van der Waals surface area (Å²) < 4.78 is 1.08. The van der Waals surface area contributed by atoms with Gasteiger partial charge in [-0.1, -0.05) is 39.8 Å². The molecular weight excluding hydrogens is 218 g/mol. The van der Waals surface area contributed by atoms with Crippen molar-refractivity contribution in [2.24, 2.45) is 5.92 Å². The molecule has 0 saturated carbocycles. The number of carbonyl (C=O) groups excluding carboxylic acids is 1. The fourth-order valence-electron chi connectivity index (χ4n) is 1.22. The van der Waals surface area contributed by atoms with Crippen LogP contribution in [0.3, 0.4) is 0 Å². The monoisotopic (exact) mass is 235 g/mol. The summed E-state index contributed by atoms with van der Waals surface area (Å²) in [6.07, 6.45) is 0. The van der Waals surface area contributed by atoms with Gasteiger partial charge >= 0.3 is 0 Å². The molecular formula is C13H17NOS. The van der Waals surface area contributed by atoms with Crippen LogP contribution in [0.4, 0.5) is 0 Å². The number of rotatable bonds is 2. The van der Waals surface area contributed by atoms with Crippen LogP contribution in [-0.2, 0) is 0 Å². The SMILES string of the molecule is CC.CC(C)C(=O)c1nc2ccccc2s1. The van der Waals surface area contributed by atoms with Gasteiger partial charge in [0, 0.05) is 5.92 Å². The van der Waals surface area contributed by atoms with Gasteiger partial charge in [-0.25, -0.2) is 4.98 Å². The first-order chi connectivity index (χ1) is 7.68. The van der Waals surface area contributed by atoms with E-state index < -0.39 is 0 Å². The molecule has 0 bridgehead atoms. The molecule has 1 heterocycles. The minimum absolute atomic E-state index is 0.0237. The number of hydrogen-bond acceptors (Lipinski definition) is 3. The maximum Gasteiger partial charge on any atom is 0.193 e. The Morgan fingerprint density at radius 1 is 1.25 bits per heavy atom. The normalized spacial score (nSPS) is 10.1. The van der Waals surface area contributed by atoms with Crippen molar-refractivity contribution in [3.8, 4) is 0 Å². The summed E-state index contributed by atoms with van der Waals surface area (Å²) in [5.74, 6) is 0.154. The van der Waals surface area contributed by atoms with Crippen LogP contribution in [0.25, 0.3) is 10.2 Å². The van der Waals surface area contributed by atoms with Crippen LogP contribution in [0.5, 0.6) is 0 Å². The maximum absolute atomic E-state index is 11.7. The Labute approximate surface area is 100 Å². The molecule has 0 radical (unpaired) electrons. The van der Waals surface area contributed by atoms with Gasteiger partial charge in [-0.15, -0.1) is 11.3 Å². The lowest BCUT2D eigenvalue weighted by molar-refractivity contribution is 0.0939. The fourth-order valence-corrected chi connectivity index (χ4v) is 2.28. The van der Waals surface area contributed by atoms with Gasteiger partial charge in [0.15, 0.2) is 10.8 Å². The smallest absolute Gasteiger partial charge is 0.193 e. The quantitative estimate of drug-likeness (QED) is 0.731. The highest BCUT2D eigenvalue weighted by atomic mass is 32.1. The molecule has 0 aliphatic rings. The van der Waals surface area contributed by atoms with Gasteiger partial charge in [-0.05, 0) is 12.1 Å². The van der Waals surface area contributed by atoms with Crippen LogP contribution in [0.2, 0.25) is 0 Å². The number of thiazole rings is 1. The molecule has 0 N–H and O–H groups in total. The van der Waals surface area contributed by atoms with Crippen molar-refractivity contribution in [3.05, 3.63) is 29.3 Å². The zero-order chi connectivity index (χ0) is 12.1. The summed E-state index contributed by atoms with van der Waals surface area (Å²) in [7, 11) is 0. The van der Waals surface area contributed by atoms with E-state index in [1.165, 1.54) is 11.3 Å². The Bertz CT molecular complexity index is 440. The largest absolute Gasteiger partial charge is 0.291 e. The first kappa shape index (κ1) is 12.8. The van der Waals surface area contributed by atoms with E-state index in [1.54, 1.807) is 0 Å². The Morgan fingerprint density at radius 3 is 2.44 bits per heavy atom. The summed E-state index contributed by atoms with van der Waals surface area (Å²) >= 11 is 1.47. The number of benzene rings is 1. The first-order valence-corrected chi connectivity index (χ1v) is 6.40. The zero-order valence-corrected chi connectivity index (χ0v) is 11.0. The summed E-state index contributed by atoms with van der Waals surface area (Å²) in [6, 6.07) is 7.82. The highest BCUT2D eigenvalue weighted by Crippen LogP contribution is 2.23. The van der Waals surface area contributed by atoms with Crippen LogP contribution < -0.4 is 0 Å². The Hall–Kier alpha value is -1.22. The molecule has 1 aromatic heterocycles. The van der Waals surface area contributed by atoms with Crippen LogP contribution in [-0.4, -0.2) is 10.8 Å². The number of ketones is 1. The van der Waals surface area contributed by atoms with Crippen molar-refractivity contribution < 1.29 is 4.79 Å². The van der Waals surface area contributed by atoms with Crippen molar-refractivity contribution in [2.45, 2.75) is 27.7 Å². The predicted octanol–water partition coefficient (Wildman–Crippen LogP) is 4.16. The lowest BCUT2D eigenvalue weighted by Crippen LogP contribution is -2.06. The first-order valence-electron chi connectivity index (χ1n) is 5.58. The summed E-state index contributed by atoms with van der Waals surface area (Å²) in [5, 5.41) is 0.626. The van der Waals surface area contributed by atoms with Gasteiger partial charge in [0.2, 0.25) is 0 Å². The van der Waals surface area contributed by atoms with Crippen molar-refractivity contribution in [2.75, 3.05) is 0 Å². The van der Waals surface area contributed by atoms with Crippen molar-refractivity contribution in [1.29, 1.82) is 0 Å². The number of Topliss-reactive ketones (excluding diaryl/α,β-unsaturated/α-hetero) is 1. The second kappa shape index (κ2) is 5.75. The average Bonchev–Trinajstić information content (AvgIpc) is 2.74. The van der Waals surface area contributed by atoms with E-state index in [-0.39, 0.29) is 11.7 Å². The average molecular weight is 235 g/mol. The molecule has 0 amide bonds. The van der Waals surface area contributed by atoms with Gasteiger partial charge in [-0.2, -0.15) is 0 Å². The molecule has 2 aromatic rings. The molecule has 1 aromatic carbocycles. The molecule has 3 heteroatoms. The second-order valence-corrected chi connectivity index (χ2v) is 4.54. The molecule has 86 valence electrons. The van der Waals surface area contributed by atoms with Gasteiger partial charge in [0.05, 0.1) is 10.2 Å². The summed E-state index contributed by atoms with van der Waals surface area (Å²) in [4.78, 5) is 16.0. The molecule has 0 aliphatic carbocycles. The van der Waals surface area contributed by atoms with Crippen molar-refractivity contribution >= 4 is 27.3 Å². The molecule has 0 saturated heterocycles. The highest BCUT2D eigenvalue weighted by Gasteiger charge is 2.14. The van der Waals surface area contributed by atoms with Crippen molar-refractivity contribution in [1.82, 2.24) is 4.98 Å². The van der Waals surface area contributed by atoms with E-state index in [4.69, 9.17) is 0 Å². The predicted molar refractivity (Wildman–Crippen MR) is 70.1 cm³/mol. The number of nitrogens with zero attached hydrogens (tertiary/aromatic N) is 1. The maximum atomic E-state index is 11.7.